The summed E-state index contributed by atoms with van der Waals surface area (Å²) in [5.41, 5.74) is 2.00. The molecule has 0 bridgehead atoms. The van der Waals surface area contributed by atoms with E-state index >= 15 is 0 Å². The molecule has 6 nitrogen and oxygen atoms in total. The van der Waals surface area contributed by atoms with E-state index in [0.29, 0.717) is 17.1 Å². The molecule has 7 heteroatoms. The van der Waals surface area contributed by atoms with Gasteiger partial charge < -0.3 is 10.6 Å². The molecule has 2 rings (SSSR count). The average Bonchev–Trinajstić information content (AvgIpc) is 2.60. The van der Waals surface area contributed by atoms with Crippen LogP contribution in [0.15, 0.2) is 47.5 Å². The molecule has 0 saturated heterocycles. The Balaban J connectivity index is 2.04. The molecule has 25 heavy (non-hydrogen) atoms. The van der Waals surface area contributed by atoms with Gasteiger partial charge in [-0.3, -0.25) is 15.1 Å². The fourth-order valence-corrected chi connectivity index (χ4v) is 2.38. The summed E-state index contributed by atoms with van der Waals surface area (Å²) in [4.78, 5) is 14.8. The normalized spacial score (nSPS) is 12.6. The zero-order valence-corrected chi connectivity index (χ0v) is 14.4. The van der Waals surface area contributed by atoms with E-state index in [1.165, 1.54) is 12.1 Å². The van der Waals surface area contributed by atoms with Crippen molar-refractivity contribution in [2.24, 2.45) is 4.99 Å². The minimum absolute atomic E-state index is 0.0547. The summed E-state index contributed by atoms with van der Waals surface area (Å²) in [6.07, 6.45) is 0. The molecule has 0 amide bonds. The predicted molar refractivity (Wildman–Crippen MR) is 96.0 cm³/mol. The van der Waals surface area contributed by atoms with E-state index < -0.39 is 4.92 Å². The number of guanidine groups is 1. The quantitative estimate of drug-likeness (QED) is 0.377. The van der Waals surface area contributed by atoms with E-state index in [0.717, 1.165) is 5.56 Å². The van der Waals surface area contributed by atoms with Gasteiger partial charge in [0.05, 0.1) is 11.0 Å². The van der Waals surface area contributed by atoms with Crippen molar-refractivity contribution in [3.8, 4) is 0 Å². The standard InChI is InChI=1S/C18H21FN4O2/c1-12-8-9-14(10-16(12)19)13(2)22-18(20-3)21-11-15-6-4-5-7-17(15)23(24)25/h4-10,13H,11H2,1-3H3,(H2,20,21,22). The maximum atomic E-state index is 13.7. The van der Waals surface area contributed by atoms with Gasteiger partial charge in [0.15, 0.2) is 5.96 Å². The van der Waals surface area contributed by atoms with Crippen molar-refractivity contribution in [2.75, 3.05) is 7.05 Å². The van der Waals surface area contributed by atoms with Crippen molar-refractivity contribution >= 4 is 11.6 Å². The smallest absolute Gasteiger partial charge is 0.274 e. The van der Waals surface area contributed by atoms with Gasteiger partial charge in [-0.15, -0.1) is 0 Å². The second kappa shape index (κ2) is 8.23. The van der Waals surface area contributed by atoms with Crippen molar-refractivity contribution < 1.29 is 9.31 Å². The Morgan fingerprint density at radius 1 is 1.32 bits per heavy atom. The Morgan fingerprint density at radius 3 is 2.68 bits per heavy atom. The van der Waals surface area contributed by atoms with Crippen LogP contribution in [0.4, 0.5) is 10.1 Å². The Bertz CT molecular complexity index is 792. The first kappa shape index (κ1) is 18.4. The second-order valence-electron chi connectivity index (χ2n) is 5.69. The molecule has 0 aromatic heterocycles. The summed E-state index contributed by atoms with van der Waals surface area (Å²) >= 11 is 0. The average molecular weight is 344 g/mol. The van der Waals surface area contributed by atoms with Gasteiger partial charge in [0.1, 0.15) is 5.82 Å². The molecule has 0 heterocycles. The summed E-state index contributed by atoms with van der Waals surface area (Å²) in [5, 5.41) is 17.3. The summed E-state index contributed by atoms with van der Waals surface area (Å²) in [5.74, 6) is 0.223. The lowest BCUT2D eigenvalue weighted by molar-refractivity contribution is -0.385. The van der Waals surface area contributed by atoms with Crippen LogP contribution in [0.5, 0.6) is 0 Å². The molecule has 0 fully saturated rings. The van der Waals surface area contributed by atoms with Crippen molar-refractivity contribution in [3.63, 3.8) is 0 Å². The van der Waals surface area contributed by atoms with Crippen molar-refractivity contribution in [1.29, 1.82) is 0 Å². The molecule has 0 saturated carbocycles. The number of nitrogens with one attached hydrogen (secondary N) is 2. The van der Waals surface area contributed by atoms with E-state index in [1.807, 2.05) is 13.0 Å². The van der Waals surface area contributed by atoms with Gasteiger partial charge in [-0.25, -0.2) is 4.39 Å². The van der Waals surface area contributed by atoms with Crippen LogP contribution in [0.3, 0.4) is 0 Å². The van der Waals surface area contributed by atoms with E-state index in [1.54, 1.807) is 38.2 Å². The first-order valence-corrected chi connectivity index (χ1v) is 7.88. The molecular formula is C18H21FN4O2. The number of nitro groups is 1. The number of aryl methyl sites for hydroxylation is 1. The lowest BCUT2D eigenvalue weighted by Gasteiger charge is -2.18. The molecule has 0 radical (unpaired) electrons. The second-order valence-corrected chi connectivity index (χ2v) is 5.69. The number of rotatable bonds is 5. The minimum atomic E-state index is -0.412. The van der Waals surface area contributed by atoms with E-state index in [9.17, 15) is 14.5 Å². The Hall–Kier alpha value is -2.96. The third-order valence-electron chi connectivity index (χ3n) is 3.91. The van der Waals surface area contributed by atoms with E-state index in [-0.39, 0.29) is 24.1 Å². The fraction of sp³-hybridized carbons (Fsp3) is 0.278. The van der Waals surface area contributed by atoms with Crippen LogP contribution in [-0.2, 0) is 6.54 Å². The van der Waals surface area contributed by atoms with Gasteiger partial charge in [0, 0.05) is 25.2 Å². The lowest BCUT2D eigenvalue weighted by atomic mass is 10.1. The first-order valence-electron chi connectivity index (χ1n) is 7.88. The number of halogens is 1. The highest BCUT2D eigenvalue weighted by atomic mass is 19.1. The van der Waals surface area contributed by atoms with Gasteiger partial charge in [0.25, 0.3) is 5.69 Å². The van der Waals surface area contributed by atoms with E-state index in [2.05, 4.69) is 15.6 Å². The predicted octanol–water partition coefficient (Wildman–Crippen LogP) is 3.47. The topological polar surface area (TPSA) is 79.6 Å². The van der Waals surface area contributed by atoms with Gasteiger partial charge in [-0.2, -0.15) is 0 Å². The molecular weight excluding hydrogens is 323 g/mol. The van der Waals surface area contributed by atoms with Crippen LogP contribution < -0.4 is 10.6 Å². The summed E-state index contributed by atoms with van der Waals surface area (Å²) < 4.78 is 13.7. The van der Waals surface area contributed by atoms with Crippen LogP contribution in [0.25, 0.3) is 0 Å². The van der Waals surface area contributed by atoms with Gasteiger partial charge in [-0.1, -0.05) is 30.3 Å². The number of hydrogen-bond donors (Lipinski definition) is 2. The van der Waals surface area contributed by atoms with Crippen molar-refractivity contribution in [1.82, 2.24) is 10.6 Å². The molecule has 0 spiro atoms. The van der Waals surface area contributed by atoms with Crippen LogP contribution in [-0.4, -0.2) is 17.9 Å². The lowest BCUT2D eigenvalue weighted by Crippen LogP contribution is -2.38. The largest absolute Gasteiger partial charge is 0.352 e. The number of hydrogen-bond acceptors (Lipinski definition) is 3. The molecule has 2 aromatic carbocycles. The highest BCUT2D eigenvalue weighted by Crippen LogP contribution is 2.18. The van der Waals surface area contributed by atoms with E-state index in [4.69, 9.17) is 0 Å². The maximum absolute atomic E-state index is 13.7. The number of aliphatic imine (C=N–C) groups is 1. The SMILES string of the molecule is CN=C(NCc1ccccc1[N+](=O)[O-])NC(C)c1ccc(C)c(F)c1. The third kappa shape index (κ3) is 4.76. The highest BCUT2D eigenvalue weighted by Gasteiger charge is 2.14. The number of benzene rings is 2. The van der Waals surface area contributed by atoms with Gasteiger partial charge >= 0.3 is 0 Å². The highest BCUT2D eigenvalue weighted by molar-refractivity contribution is 5.80. The minimum Gasteiger partial charge on any atom is -0.352 e. The zero-order valence-electron chi connectivity index (χ0n) is 14.4. The molecule has 0 aliphatic carbocycles. The van der Waals surface area contributed by atoms with Gasteiger partial charge in [-0.05, 0) is 31.0 Å². The number of nitrogens with zero attached hydrogens (tertiary/aromatic N) is 2. The maximum Gasteiger partial charge on any atom is 0.274 e. The Morgan fingerprint density at radius 2 is 2.04 bits per heavy atom. The first-order chi connectivity index (χ1) is 11.9. The third-order valence-corrected chi connectivity index (χ3v) is 3.91. The van der Waals surface area contributed by atoms with Crippen LogP contribution >= 0.6 is 0 Å². The molecule has 2 aromatic rings. The monoisotopic (exact) mass is 344 g/mol. The van der Waals surface area contributed by atoms with Crippen molar-refractivity contribution in [2.45, 2.75) is 26.4 Å². The fourth-order valence-electron chi connectivity index (χ4n) is 2.38. The molecule has 0 aliphatic rings. The van der Waals surface area contributed by atoms with Crippen LogP contribution in [0.1, 0.15) is 29.7 Å². The Labute approximate surface area is 145 Å². The number of para-hydroxylation sites is 1. The molecule has 0 aliphatic heterocycles. The molecule has 2 N–H and O–H groups in total. The van der Waals surface area contributed by atoms with Gasteiger partial charge in [0.2, 0.25) is 0 Å². The Kier molecular flexibility index (Phi) is 6.05. The van der Waals surface area contributed by atoms with Crippen LogP contribution in [0.2, 0.25) is 0 Å². The molecule has 1 unspecified atom stereocenters. The molecule has 132 valence electrons. The van der Waals surface area contributed by atoms with Crippen LogP contribution in [0, 0.1) is 22.9 Å². The summed E-state index contributed by atoms with van der Waals surface area (Å²) in [6, 6.07) is 11.4. The number of nitro benzene ring substituents is 1. The zero-order chi connectivity index (χ0) is 18.4. The van der Waals surface area contributed by atoms with Crippen molar-refractivity contribution in [3.05, 3.63) is 75.1 Å². The molecule has 1 atom stereocenters. The summed E-state index contributed by atoms with van der Waals surface area (Å²) in [7, 11) is 1.61. The summed E-state index contributed by atoms with van der Waals surface area (Å²) in [6.45, 7) is 3.86.